The fraction of sp³-hybridized carbons (Fsp3) is 0.0714. The van der Waals surface area contributed by atoms with E-state index in [2.05, 4.69) is 0 Å². The van der Waals surface area contributed by atoms with Crippen molar-refractivity contribution >= 4 is 29.2 Å². The SMILES string of the molecule is COc1cc(-c2cc(C(=O)O)ccc2Cl)ccc1Cl. The maximum atomic E-state index is 11.0. The predicted molar refractivity (Wildman–Crippen MR) is 75.4 cm³/mol. The van der Waals surface area contributed by atoms with Gasteiger partial charge in [-0.15, -0.1) is 0 Å². The van der Waals surface area contributed by atoms with Gasteiger partial charge in [-0.3, -0.25) is 0 Å². The van der Waals surface area contributed by atoms with Gasteiger partial charge >= 0.3 is 5.97 Å². The zero-order chi connectivity index (χ0) is 14.0. The van der Waals surface area contributed by atoms with E-state index in [-0.39, 0.29) is 5.56 Å². The van der Waals surface area contributed by atoms with Gasteiger partial charge in [0.15, 0.2) is 0 Å². The maximum absolute atomic E-state index is 11.0. The third-order valence-corrected chi connectivity index (χ3v) is 3.32. The Morgan fingerprint density at radius 3 is 2.42 bits per heavy atom. The molecule has 0 fully saturated rings. The van der Waals surface area contributed by atoms with Crippen LogP contribution in [-0.2, 0) is 0 Å². The summed E-state index contributed by atoms with van der Waals surface area (Å²) in [5.41, 5.74) is 1.54. The number of halogens is 2. The summed E-state index contributed by atoms with van der Waals surface area (Å²) in [6.45, 7) is 0. The summed E-state index contributed by atoms with van der Waals surface area (Å²) in [7, 11) is 1.51. The van der Waals surface area contributed by atoms with Crippen LogP contribution >= 0.6 is 23.2 Å². The lowest BCUT2D eigenvalue weighted by molar-refractivity contribution is 0.0697. The second kappa shape index (κ2) is 5.51. The van der Waals surface area contributed by atoms with Crippen molar-refractivity contribution in [3.8, 4) is 16.9 Å². The molecule has 0 amide bonds. The molecule has 0 spiro atoms. The summed E-state index contributed by atoms with van der Waals surface area (Å²) in [6, 6.07) is 9.70. The Morgan fingerprint density at radius 1 is 1.11 bits per heavy atom. The second-order valence-corrected chi connectivity index (χ2v) is 4.66. The second-order valence-electron chi connectivity index (χ2n) is 3.85. The molecule has 2 aromatic carbocycles. The van der Waals surface area contributed by atoms with Gasteiger partial charge < -0.3 is 9.84 Å². The van der Waals surface area contributed by atoms with Crippen molar-refractivity contribution in [2.45, 2.75) is 0 Å². The fourth-order valence-corrected chi connectivity index (χ4v) is 2.13. The summed E-state index contributed by atoms with van der Waals surface area (Å²) in [6.07, 6.45) is 0. The number of rotatable bonds is 3. The van der Waals surface area contributed by atoms with E-state index in [4.69, 9.17) is 33.0 Å². The lowest BCUT2D eigenvalue weighted by Crippen LogP contribution is -1.96. The van der Waals surface area contributed by atoms with E-state index in [1.54, 1.807) is 24.3 Å². The third-order valence-electron chi connectivity index (χ3n) is 2.68. The molecule has 0 aliphatic rings. The van der Waals surface area contributed by atoms with Gasteiger partial charge in [0, 0.05) is 10.6 Å². The minimum Gasteiger partial charge on any atom is -0.495 e. The summed E-state index contributed by atoms with van der Waals surface area (Å²) < 4.78 is 5.13. The van der Waals surface area contributed by atoms with E-state index >= 15 is 0 Å². The molecule has 0 radical (unpaired) electrons. The zero-order valence-electron chi connectivity index (χ0n) is 9.98. The molecule has 0 aliphatic heterocycles. The highest BCUT2D eigenvalue weighted by atomic mass is 35.5. The first kappa shape index (κ1) is 13.7. The Bertz CT molecular complexity index is 639. The highest BCUT2D eigenvalue weighted by Gasteiger charge is 2.11. The minimum absolute atomic E-state index is 0.174. The number of methoxy groups -OCH3 is 1. The van der Waals surface area contributed by atoms with Crippen LogP contribution in [0, 0.1) is 0 Å². The minimum atomic E-state index is -1.00. The van der Waals surface area contributed by atoms with Crippen molar-refractivity contribution in [1.82, 2.24) is 0 Å². The standard InChI is InChI=1S/C14H10Cl2O3/c1-19-13-7-8(2-5-12(13)16)10-6-9(14(17)18)3-4-11(10)15/h2-7H,1H3,(H,17,18). The zero-order valence-corrected chi connectivity index (χ0v) is 11.5. The molecule has 2 aromatic rings. The van der Waals surface area contributed by atoms with Crippen LogP contribution in [0.5, 0.6) is 5.75 Å². The molecule has 0 saturated heterocycles. The van der Waals surface area contributed by atoms with E-state index in [9.17, 15) is 4.79 Å². The predicted octanol–water partition coefficient (Wildman–Crippen LogP) is 4.37. The first-order valence-electron chi connectivity index (χ1n) is 5.39. The van der Waals surface area contributed by atoms with Crippen molar-refractivity contribution in [1.29, 1.82) is 0 Å². The largest absolute Gasteiger partial charge is 0.495 e. The van der Waals surface area contributed by atoms with Crippen LogP contribution in [-0.4, -0.2) is 18.2 Å². The Morgan fingerprint density at radius 2 is 1.79 bits per heavy atom. The molecule has 2 rings (SSSR count). The van der Waals surface area contributed by atoms with Gasteiger partial charge in [-0.1, -0.05) is 29.3 Å². The van der Waals surface area contributed by atoms with Crippen molar-refractivity contribution in [2.75, 3.05) is 7.11 Å². The van der Waals surface area contributed by atoms with Crippen LogP contribution < -0.4 is 4.74 Å². The van der Waals surface area contributed by atoms with Crippen molar-refractivity contribution < 1.29 is 14.6 Å². The number of hydrogen-bond acceptors (Lipinski definition) is 2. The van der Waals surface area contributed by atoms with E-state index in [1.165, 1.54) is 19.2 Å². The number of benzene rings is 2. The number of aromatic carboxylic acids is 1. The number of ether oxygens (including phenoxy) is 1. The molecule has 98 valence electrons. The van der Waals surface area contributed by atoms with E-state index in [0.29, 0.717) is 21.4 Å². The Kier molecular flexibility index (Phi) is 3.98. The van der Waals surface area contributed by atoms with Crippen molar-refractivity contribution in [2.24, 2.45) is 0 Å². The lowest BCUT2D eigenvalue weighted by atomic mass is 10.0. The van der Waals surface area contributed by atoms with Crippen LogP contribution in [0.1, 0.15) is 10.4 Å². The molecule has 0 heterocycles. The lowest BCUT2D eigenvalue weighted by Gasteiger charge is -2.09. The van der Waals surface area contributed by atoms with Gasteiger partial charge in [0.2, 0.25) is 0 Å². The van der Waals surface area contributed by atoms with Gasteiger partial charge in [-0.2, -0.15) is 0 Å². The molecule has 0 unspecified atom stereocenters. The van der Waals surface area contributed by atoms with E-state index in [1.807, 2.05) is 0 Å². The quantitative estimate of drug-likeness (QED) is 0.915. The average molecular weight is 297 g/mol. The Hall–Kier alpha value is -1.71. The van der Waals surface area contributed by atoms with Gasteiger partial charge in [0.05, 0.1) is 17.7 Å². The topological polar surface area (TPSA) is 46.5 Å². The molecule has 5 heteroatoms. The molecular formula is C14H10Cl2O3. The summed E-state index contributed by atoms with van der Waals surface area (Å²) in [5.74, 6) is -0.491. The smallest absolute Gasteiger partial charge is 0.335 e. The molecular weight excluding hydrogens is 287 g/mol. The first-order chi connectivity index (χ1) is 9.02. The molecule has 19 heavy (non-hydrogen) atoms. The van der Waals surface area contributed by atoms with Gasteiger partial charge in [-0.05, 0) is 35.9 Å². The summed E-state index contributed by atoms with van der Waals surface area (Å²) in [4.78, 5) is 11.0. The highest BCUT2D eigenvalue weighted by molar-refractivity contribution is 6.34. The van der Waals surface area contributed by atoms with Gasteiger partial charge in [0.1, 0.15) is 5.75 Å². The fourth-order valence-electron chi connectivity index (χ4n) is 1.71. The number of carboxylic acid groups (broad SMARTS) is 1. The van der Waals surface area contributed by atoms with Crippen molar-refractivity contribution in [3.63, 3.8) is 0 Å². The highest BCUT2D eigenvalue weighted by Crippen LogP contribution is 2.34. The van der Waals surface area contributed by atoms with Crippen LogP contribution in [0.2, 0.25) is 10.0 Å². The van der Waals surface area contributed by atoms with Crippen molar-refractivity contribution in [3.05, 3.63) is 52.0 Å². The monoisotopic (exact) mass is 296 g/mol. The molecule has 1 N–H and O–H groups in total. The van der Waals surface area contributed by atoms with E-state index in [0.717, 1.165) is 5.56 Å². The Labute approximate surface area is 120 Å². The normalized spacial score (nSPS) is 10.3. The molecule has 0 aromatic heterocycles. The Balaban J connectivity index is 2.57. The number of carbonyl (C=O) groups is 1. The van der Waals surface area contributed by atoms with Gasteiger partial charge in [0.25, 0.3) is 0 Å². The number of hydrogen-bond donors (Lipinski definition) is 1. The number of carboxylic acids is 1. The van der Waals surface area contributed by atoms with Crippen LogP contribution in [0.4, 0.5) is 0 Å². The average Bonchev–Trinajstić information content (AvgIpc) is 2.40. The summed E-state index contributed by atoms with van der Waals surface area (Å²) >= 11 is 12.1. The molecule has 0 atom stereocenters. The van der Waals surface area contributed by atoms with Gasteiger partial charge in [-0.25, -0.2) is 4.79 Å². The maximum Gasteiger partial charge on any atom is 0.335 e. The molecule has 0 aliphatic carbocycles. The van der Waals surface area contributed by atoms with E-state index < -0.39 is 5.97 Å². The van der Waals surface area contributed by atoms with Crippen LogP contribution in [0.3, 0.4) is 0 Å². The molecule has 3 nitrogen and oxygen atoms in total. The first-order valence-corrected chi connectivity index (χ1v) is 6.15. The van der Waals surface area contributed by atoms with Crippen LogP contribution in [0.25, 0.3) is 11.1 Å². The summed E-state index contributed by atoms with van der Waals surface area (Å²) in [5, 5.41) is 9.95. The molecule has 0 saturated carbocycles. The van der Waals surface area contributed by atoms with Crippen LogP contribution in [0.15, 0.2) is 36.4 Å². The third kappa shape index (κ3) is 2.83. The molecule has 0 bridgehead atoms.